The summed E-state index contributed by atoms with van der Waals surface area (Å²) in [4.78, 5) is 6.58. The van der Waals surface area contributed by atoms with Crippen LogP contribution in [-0.4, -0.2) is 46.1 Å². The number of hydrogen-bond donors (Lipinski definition) is 0. The molecule has 2 nitrogen and oxygen atoms in total. The van der Waals surface area contributed by atoms with Gasteiger partial charge in [0.2, 0.25) is 0 Å². The maximum absolute atomic E-state index is 3.35. The first-order valence-electron chi connectivity index (χ1n) is 21.4. The van der Waals surface area contributed by atoms with E-state index in [1.165, 1.54) is 103 Å². The first kappa shape index (κ1) is 31.2. The van der Waals surface area contributed by atoms with E-state index in [9.17, 15) is 0 Å². The van der Waals surface area contributed by atoms with Crippen molar-refractivity contribution in [3.05, 3.63) is 0 Å². The van der Waals surface area contributed by atoms with Crippen LogP contribution in [0.25, 0.3) is 0 Å². The molecule has 0 amide bonds. The van der Waals surface area contributed by atoms with E-state index in [4.69, 9.17) is 0 Å². The Balaban J connectivity index is 0.974. The first-order valence-corrected chi connectivity index (χ1v) is 21.4. The molecule has 0 bridgehead atoms. The van der Waals surface area contributed by atoms with Crippen LogP contribution in [-0.2, 0) is 0 Å². The van der Waals surface area contributed by atoms with Crippen LogP contribution < -0.4 is 0 Å². The largest absolute Gasteiger partial charge is 0.294 e. The van der Waals surface area contributed by atoms with Gasteiger partial charge in [0.1, 0.15) is 0 Å². The Hall–Kier alpha value is -0.0800. The van der Waals surface area contributed by atoms with E-state index in [-0.39, 0.29) is 0 Å². The summed E-state index contributed by atoms with van der Waals surface area (Å²) >= 11 is 0. The predicted octanol–water partition coefficient (Wildman–Crippen LogP) is 11.3. The van der Waals surface area contributed by atoms with Crippen molar-refractivity contribution >= 4 is 0 Å². The molecule has 8 rings (SSSR count). The van der Waals surface area contributed by atoms with Gasteiger partial charge in [-0.2, -0.15) is 0 Å². The summed E-state index contributed by atoms with van der Waals surface area (Å²) in [6.07, 6.45) is 46.3. The summed E-state index contributed by atoms with van der Waals surface area (Å²) in [5.41, 5.74) is 0. The smallest absolute Gasteiger partial charge is 0.0133 e. The van der Waals surface area contributed by atoms with Gasteiger partial charge in [-0.3, -0.25) is 9.80 Å². The second-order valence-electron chi connectivity index (χ2n) is 18.3. The number of rotatable bonds is 6. The number of hydrogen-bond acceptors (Lipinski definition) is 2. The molecule has 250 valence electrons. The molecular formula is C42H72N2. The second-order valence-corrected chi connectivity index (χ2v) is 18.3. The van der Waals surface area contributed by atoms with E-state index in [1.807, 2.05) is 0 Å². The summed E-state index contributed by atoms with van der Waals surface area (Å²) in [6, 6.07) is 5.62. The molecule has 7 saturated carbocycles. The van der Waals surface area contributed by atoms with Gasteiger partial charge in [-0.15, -0.1) is 0 Å². The van der Waals surface area contributed by atoms with Crippen molar-refractivity contribution in [1.82, 2.24) is 9.80 Å². The van der Waals surface area contributed by atoms with E-state index in [2.05, 4.69) is 9.80 Å². The molecule has 8 fully saturated rings. The highest BCUT2D eigenvalue weighted by Gasteiger charge is 2.55. The second kappa shape index (κ2) is 14.6. The molecular weight excluding hydrogens is 532 g/mol. The Kier molecular flexibility index (Phi) is 10.3. The van der Waals surface area contributed by atoms with Gasteiger partial charge in [0, 0.05) is 36.3 Å². The van der Waals surface area contributed by atoms with Gasteiger partial charge in [0.05, 0.1) is 0 Å². The zero-order valence-corrected chi connectivity index (χ0v) is 29.0. The van der Waals surface area contributed by atoms with E-state index in [0.717, 1.165) is 71.8 Å². The average Bonchev–Trinajstić information content (AvgIpc) is 3.43. The Labute approximate surface area is 273 Å². The zero-order valence-electron chi connectivity index (χ0n) is 29.0. The molecule has 0 aromatic rings. The Morgan fingerprint density at radius 2 is 0.705 bits per heavy atom. The third-order valence-corrected chi connectivity index (χ3v) is 16.3. The molecule has 1 heterocycles. The van der Waals surface area contributed by atoms with Crippen LogP contribution in [0.1, 0.15) is 193 Å². The number of nitrogens with zero attached hydrogens (tertiary/aromatic N) is 2. The van der Waals surface area contributed by atoms with E-state index < -0.39 is 0 Å². The maximum atomic E-state index is 3.35. The van der Waals surface area contributed by atoms with Crippen molar-refractivity contribution in [2.45, 2.75) is 229 Å². The van der Waals surface area contributed by atoms with Crippen molar-refractivity contribution in [1.29, 1.82) is 0 Å². The molecule has 0 aromatic heterocycles. The maximum Gasteiger partial charge on any atom is 0.0133 e. The highest BCUT2D eigenvalue weighted by molar-refractivity contribution is 5.08. The van der Waals surface area contributed by atoms with Gasteiger partial charge in [-0.1, -0.05) is 103 Å². The van der Waals surface area contributed by atoms with Crippen molar-refractivity contribution in [2.24, 2.45) is 35.5 Å². The molecule has 7 aliphatic carbocycles. The van der Waals surface area contributed by atoms with Crippen molar-refractivity contribution in [2.75, 3.05) is 0 Å². The van der Waals surface area contributed by atoms with Gasteiger partial charge < -0.3 is 0 Å². The van der Waals surface area contributed by atoms with E-state index >= 15 is 0 Å². The van der Waals surface area contributed by atoms with Gasteiger partial charge in [0.25, 0.3) is 0 Å². The first-order chi connectivity index (χ1) is 21.8. The summed E-state index contributed by atoms with van der Waals surface area (Å²) in [5.74, 6) is 6.48. The molecule has 0 aromatic carbocycles. The van der Waals surface area contributed by atoms with Crippen LogP contribution in [0.5, 0.6) is 0 Å². The molecule has 44 heavy (non-hydrogen) atoms. The molecule has 8 aliphatic rings. The van der Waals surface area contributed by atoms with Crippen LogP contribution in [0.2, 0.25) is 0 Å². The minimum Gasteiger partial charge on any atom is -0.294 e. The van der Waals surface area contributed by atoms with Gasteiger partial charge in [0.15, 0.2) is 0 Å². The monoisotopic (exact) mass is 605 g/mol. The fourth-order valence-electron chi connectivity index (χ4n) is 14.3. The standard InChI is InChI=1S/C42H72N2/c1-5-13-31(14-6-1)33-21-27-41-39(29-33)40-30-34(32-15-7-2-8-16-32)22-28-42(40)44(41)38-25-23-37(24-26-38)43(35-17-9-3-10-18-35)36-19-11-4-12-20-36/h31-42H,1-30H2. The fourth-order valence-corrected chi connectivity index (χ4v) is 14.3. The van der Waals surface area contributed by atoms with Gasteiger partial charge in [-0.25, -0.2) is 0 Å². The van der Waals surface area contributed by atoms with Crippen molar-refractivity contribution in [3.63, 3.8) is 0 Å². The SMILES string of the molecule is C1CCC(C2CCC3C(C2)C2CC(C4CCCCC4)CCC2N3C2CCC(N(C3CCCCC3)C3CCCCC3)CC2)CC1. The van der Waals surface area contributed by atoms with Crippen LogP contribution in [0.3, 0.4) is 0 Å². The van der Waals surface area contributed by atoms with Crippen molar-refractivity contribution < 1.29 is 0 Å². The fraction of sp³-hybridized carbons (Fsp3) is 1.00. The highest BCUT2D eigenvalue weighted by Crippen LogP contribution is 2.56. The molecule has 0 N–H and O–H groups in total. The molecule has 1 saturated heterocycles. The van der Waals surface area contributed by atoms with Crippen LogP contribution in [0.4, 0.5) is 0 Å². The lowest BCUT2D eigenvalue weighted by Crippen LogP contribution is -2.55. The predicted molar refractivity (Wildman–Crippen MR) is 186 cm³/mol. The summed E-state index contributed by atoms with van der Waals surface area (Å²) in [5, 5.41) is 0. The third-order valence-electron chi connectivity index (χ3n) is 16.3. The van der Waals surface area contributed by atoms with E-state index in [1.54, 1.807) is 89.9 Å². The lowest BCUT2D eigenvalue weighted by atomic mass is 9.62. The molecule has 0 radical (unpaired) electrons. The Bertz CT molecular complexity index is 808. The summed E-state index contributed by atoms with van der Waals surface area (Å²) < 4.78 is 0. The minimum atomic E-state index is 0.913. The lowest BCUT2D eigenvalue weighted by Gasteiger charge is -2.50. The quantitative estimate of drug-likeness (QED) is 0.297. The van der Waals surface area contributed by atoms with E-state index in [0.29, 0.717) is 0 Å². The highest BCUT2D eigenvalue weighted by atomic mass is 15.3. The Morgan fingerprint density at radius 3 is 1.14 bits per heavy atom. The van der Waals surface area contributed by atoms with Crippen molar-refractivity contribution in [3.8, 4) is 0 Å². The molecule has 1 aliphatic heterocycles. The molecule has 0 spiro atoms. The van der Waals surface area contributed by atoms with Crippen LogP contribution in [0.15, 0.2) is 0 Å². The molecule has 6 unspecified atom stereocenters. The third kappa shape index (κ3) is 6.50. The minimum absolute atomic E-state index is 0.913. The van der Waals surface area contributed by atoms with Crippen LogP contribution in [0, 0.1) is 35.5 Å². The summed E-state index contributed by atoms with van der Waals surface area (Å²) in [7, 11) is 0. The zero-order chi connectivity index (χ0) is 29.3. The molecule has 2 heteroatoms. The lowest BCUT2D eigenvalue weighted by molar-refractivity contribution is -0.00808. The Morgan fingerprint density at radius 1 is 0.318 bits per heavy atom. The molecule has 6 atom stereocenters. The topological polar surface area (TPSA) is 6.48 Å². The number of likely N-dealkylation sites (tertiary alicyclic amines) is 1. The number of fused-ring (bicyclic) bond motifs is 3. The van der Waals surface area contributed by atoms with Gasteiger partial charge >= 0.3 is 0 Å². The van der Waals surface area contributed by atoms with Crippen LogP contribution >= 0.6 is 0 Å². The van der Waals surface area contributed by atoms with Gasteiger partial charge in [-0.05, 0) is 125 Å². The summed E-state index contributed by atoms with van der Waals surface area (Å²) in [6.45, 7) is 0. The normalized spacial score (nSPS) is 42.8. The average molecular weight is 605 g/mol.